The lowest BCUT2D eigenvalue weighted by atomic mass is 9.90. The van der Waals surface area contributed by atoms with Crippen LogP contribution in [-0.2, 0) is 9.59 Å². The molecule has 2 N–H and O–H groups in total. The molecule has 0 unspecified atom stereocenters. The van der Waals surface area contributed by atoms with Gasteiger partial charge in [0.05, 0.1) is 18.2 Å². The Morgan fingerprint density at radius 1 is 0.867 bits per heavy atom. The second-order valence-electron chi connectivity index (χ2n) is 6.71. The Morgan fingerprint density at radius 3 is 1.93 bits per heavy atom. The molecule has 3 rings (SSSR count). The van der Waals surface area contributed by atoms with Crippen LogP contribution in [0.4, 0.5) is 0 Å². The normalized spacial score (nSPS) is 11.2. The fourth-order valence-electron chi connectivity index (χ4n) is 3.00. The molecule has 5 nitrogen and oxygen atoms in total. The molecular formula is C24H22ClN3O2. The first-order valence-electron chi connectivity index (χ1n) is 9.51. The van der Waals surface area contributed by atoms with Gasteiger partial charge in [0, 0.05) is 5.02 Å². The quantitative estimate of drug-likeness (QED) is 0.446. The molecule has 0 atom stereocenters. The zero-order valence-electron chi connectivity index (χ0n) is 16.5. The van der Waals surface area contributed by atoms with E-state index in [0.29, 0.717) is 10.7 Å². The van der Waals surface area contributed by atoms with E-state index in [9.17, 15) is 9.59 Å². The number of hydrogen-bond acceptors (Lipinski definition) is 3. The molecule has 0 aliphatic carbocycles. The van der Waals surface area contributed by atoms with Gasteiger partial charge in [0.25, 0.3) is 5.91 Å². The molecule has 0 heterocycles. The molecule has 30 heavy (non-hydrogen) atoms. The summed E-state index contributed by atoms with van der Waals surface area (Å²) >= 11 is 5.88. The topological polar surface area (TPSA) is 70.6 Å². The number of hydrazone groups is 1. The summed E-state index contributed by atoms with van der Waals surface area (Å²) in [6.07, 6.45) is 0. The molecule has 3 aromatic rings. The average molecular weight is 420 g/mol. The van der Waals surface area contributed by atoms with Crippen molar-refractivity contribution in [3.8, 4) is 0 Å². The number of rotatable bonds is 7. The highest BCUT2D eigenvalue weighted by Gasteiger charge is 2.22. The predicted molar refractivity (Wildman–Crippen MR) is 120 cm³/mol. The molecule has 0 spiro atoms. The summed E-state index contributed by atoms with van der Waals surface area (Å²) in [6, 6.07) is 26.1. The summed E-state index contributed by atoms with van der Waals surface area (Å²) < 4.78 is 0. The van der Waals surface area contributed by atoms with E-state index >= 15 is 0 Å². The van der Waals surface area contributed by atoms with Crippen LogP contribution in [0.25, 0.3) is 0 Å². The highest BCUT2D eigenvalue weighted by molar-refractivity contribution is 6.30. The van der Waals surface area contributed by atoms with Gasteiger partial charge in [-0.2, -0.15) is 5.10 Å². The van der Waals surface area contributed by atoms with Crippen molar-refractivity contribution in [1.29, 1.82) is 0 Å². The number of amides is 2. The molecule has 6 heteroatoms. The van der Waals surface area contributed by atoms with Gasteiger partial charge in [-0.3, -0.25) is 9.59 Å². The molecule has 0 aliphatic heterocycles. The lowest BCUT2D eigenvalue weighted by molar-refractivity contribution is -0.126. The summed E-state index contributed by atoms with van der Waals surface area (Å²) in [5.41, 5.74) is 5.67. The van der Waals surface area contributed by atoms with Crippen LogP contribution in [0.3, 0.4) is 0 Å². The van der Waals surface area contributed by atoms with Gasteiger partial charge < -0.3 is 5.32 Å². The van der Waals surface area contributed by atoms with Crippen LogP contribution in [0.15, 0.2) is 90.0 Å². The van der Waals surface area contributed by atoms with Gasteiger partial charge in [-0.05, 0) is 35.7 Å². The Labute approximate surface area is 180 Å². The zero-order valence-corrected chi connectivity index (χ0v) is 17.3. The molecule has 0 saturated carbocycles. The summed E-state index contributed by atoms with van der Waals surface area (Å²) in [7, 11) is 0. The van der Waals surface area contributed by atoms with Gasteiger partial charge in [-0.15, -0.1) is 0 Å². The Bertz CT molecular complexity index is 980. The van der Waals surface area contributed by atoms with E-state index in [0.717, 1.165) is 16.7 Å². The molecule has 152 valence electrons. The third-order valence-electron chi connectivity index (χ3n) is 4.56. The molecule has 0 bridgehead atoms. The van der Waals surface area contributed by atoms with Gasteiger partial charge in [-0.25, -0.2) is 5.43 Å². The third kappa shape index (κ3) is 5.78. The highest BCUT2D eigenvalue weighted by atomic mass is 35.5. The Morgan fingerprint density at radius 2 is 1.40 bits per heavy atom. The van der Waals surface area contributed by atoms with Crippen molar-refractivity contribution < 1.29 is 9.59 Å². The highest BCUT2D eigenvalue weighted by Crippen LogP contribution is 2.24. The lowest BCUT2D eigenvalue weighted by Crippen LogP contribution is -2.38. The average Bonchev–Trinajstić information content (AvgIpc) is 2.78. The van der Waals surface area contributed by atoms with Gasteiger partial charge in [0.1, 0.15) is 0 Å². The van der Waals surface area contributed by atoms with Gasteiger partial charge in [0.15, 0.2) is 0 Å². The first-order chi connectivity index (χ1) is 14.5. The molecule has 3 aromatic carbocycles. The fourth-order valence-corrected chi connectivity index (χ4v) is 3.12. The van der Waals surface area contributed by atoms with Crippen LogP contribution < -0.4 is 10.7 Å². The van der Waals surface area contributed by atoms with E-state index in [-0.39, 0.29) is 12.5 Å². The summed E-state index contributed by atoms with van der Waals surface area (Å²) in [5.74, 6) is -1.16. The van der Waals surface area contributed by atoms with Crippen molar-refractivity contribution in [2.75, 3.05) is 6.54 Å². The SMILES string of the molecule is C/C(=N/NC(=O)CNC(=O)C(c1ccccc1)c1ccccc1)c1ccc(Cl)cc1. The van der Waals surface area contributed by atoms with E-state index in [2.05, 4.69) is 15.8 Å². The van der Waals surface area contributed by atoms with Crippen LogP contribution in [0.1, 0.15) is 29.5 Å². The number of benzene rings is 3. The largest absolute Gasteiger partial charge is 0.346 e. The maximum atomic E-state index is 12.9. The van der Waals surface area contributed by atoms with Gasteiger partial charge in [0.2, 0.25) is 5.91 Å². The van der Waals surface area contributed by atoms with Crippen LogP contribution in [0.2, 0.25) is 5.02 Å². The Kier molecular flexibility index (Phi) is 7.35. The molecule has 0 aliphatic rings. The Hall–Kier alpha value is -3.44. The monoisotopic (exact) mass is 419 g/mol. The van der Waals surface area contributed by atoms with Crippen LogP contribution in [-0.4, -0.2) is 24.1 Å². The Balaban J connectivity index is 1.63. The summed E-state index contributed by atoms with van der Waals surface area (Å²) in [5, 5.41) is 7.43. The van der Waals surface area contributed by atoms with Crippen molar-refractivity contribution in [2.45, 2.75) is 12.8 Å². The first-order valence-corrected chi connectivity index (χ1v) is 9.89. The predicted octanol–water partition coefficient (Wildman–Crippen LogP) is 4.13. The summed E-state index contributed by atoms with van der Waals surface area (Å²) in [6.45, 7) is 1.61. The van der Waals surface area contributed by atoms with Crippen LogP contribution in [0.5, 0.6) is 0 Å². The molecule has 0 saturated heterocycles. The van der Waals surface area contributed by atoms with Crippen LogP contribution >= 0.6 is 11.6 Å². The maximum Gasteiger partial charge on any atom is 0.259 e. The first kappa shape index (κ1) is 21.3. The maximum absolute atomic E-state index is 12.9. The second kappa shape index (κ2) is 10.4. The fraction of sp³-hybridized carbons (Fsp3) is 0.125. The number of nitrogens with zero attached hydrogens (tertiary/aromatic N) is 1. The molecular weight excluding hydrogens is 398 g/mol. The van der Waals surface area contributed by atoms with Crippen LogP contribution in [0, 0.1) is 0 Å². The second-order valence-corrected chi connectivity index (χ2v) is 7.15. The lowest BCUT2D eigenvalue weighted by Gasteiger charge is -2.17. The third-order valence-corrected chi connectivity index (χ3v) is 4.81. The minimum Gasteiger partial charge on any atom is -0.346 e. The smallest absolute Gasteiger partial charge is 0.259 e. The van der Waals surface area contributed by atoms with E-state index < -0.39 is 11.8 Å². The number of hydrogen-bond donors (Lipinski definition) is 2. The van der Waals surface area contributed by atoms with Crippen molar-refractivity contribution in [3.63, 3.8) is 0 Å². The number of nitrogens with one attached hydrogen (secondary N) is 2. The molecule has 0 radical (unpaired) electrons. The molecule has 2 amide bonds. The number of carbonyl (C=O) groups is 2. The minimum atomic E-state index is -0.500. The van der Waals surface area contributed by atoms with Crippen molar-refractivity contribution >= 4 is 29.1 Å². The molecule has 0 fully saturated rings. The van der Waals surface area contributed by atoms with E-state index in [1.165, 1.54) is 0 Å². The summed E-state index contributed by atoms with van der Waals surface area (Å²) in [4.78, 5) is 25.1. The van der Waals surface area contributed by atoms with Crippen molar-refractivity contribution in [2.24, 2.45) is 5.10 Å². The zero-order chi connectivity index (χ0) is 21.3. The van der Waals surface area contributed by atoms with Crippen molar-refractivity contribution in [3.05, 3.63) is 107 Å². The van der Waals surface area contributed by atoms with E-state index in [4.69, 9.17) is 11.6 Å². The standard InChI is InChI=1S/C24H22ClN3O2/c1-17(18-12-14-21(25)15-13-18)27-28-22(29)16-26-24(30)23(19-8-4-2-5-9-19)20-10-6-3-7-11-20/h2-15,23H,16H2,1H3,(H,26,30)(H,28,29)/b27-17-. The van der Waals surface area contributed by atoms with E-state index in [1.807, 2.05) is 72.8 Å². The van der Waals surface area contributed by atoms with Crippen molar-refractivity contribution in [1.82, 2.24) is 10.7 Å². The van der Waals surface area contributed by atoms with Gasteiger partial charge >= 0.3 is 0 Å². The number of halogens is 1. The van der Waals surface area contributed by atoms with Gasteiger partial charge in [-0.1, -0.05) is 84.4 Å². The molecule has 0 aromatic heterocycles. The minimum absolute atomic E-state index is 0.174. The number of carbonyl (C=O) groups excluding carboxylic acids is 2. The van der Waals surface area contributed by atoms with E-state index in [1.54, 1.807) is 19.1 Å².